The van der Waals surface area contributed by atoms with Gasteiger partial charge in [0.2, 0.25) is 17.7 Å². The number of carbonyl (C=O) groups is 5. The molecule has 9 heteroatoms. The average Bonchev–Trinajstić information content (AvgIpc) is 2.70. The van der Waals surface area contributed by atoms with Crippen LogP contribution in [0, 0.1) is 5.92 Å². The molecule has 4 N–H and O–H groups in total. The molecule has 0 aromatic heterocycles. The summed E-state index contributed by atoms with van der Waals surface area (Å²) >= 11 is 0. The lowest BCUT2D eigenvalue weighted by Gasteiger charge is -2.30. The zero-order chi connectivity index (χ0) is 21.7. The first-order chi connectivity index (χ1) is 14.3. The molecule has 1 aromatic carbocycles. The highest BCUT2D eigenvalue weighted by Crippen LogP contribution is 2.24. The molecular weight excluding hydrogens is 390 g/mol. The highest BCUT2D eigenvalue weighted by molar-refractivity contribution is 5.99. The fraction of sp³-hybridized carbons (Fsp3) is 0.476. The lowest BCUT2D eigenvalue weighted by Crippen LogP contribution is -2.63. The number of Topliss-reactive ketones (excluding diaryl/α,β-unsaturated/α-hetero) is 1. The molecule has 1 aromatic rings. The van der Waals surface area contributed by atoms with Gasteiger partial charge in [0, 0.05) is 19.3 Å². The van der Waals surface area contributed by atoms with Crippen molar-refractivity contribution in [3.8, 4) is 0 Å². The van der Waals surface area contributed by atoms with E-state index in [0.717, 1.165) is 5.56 Å². The summed E-state index contributed by atoms with van der Waals surface area (Å²) in [5, 5.41) is 17.0. The Morgan fingerprint density at radius 3 is 2.40 bits per heavy atom. The zero-order valence-corrected chi connectivity index (χ0v) is 16.4. The minimum absolute atomic E-state index is 0.0184. The van der Waals surface area contributed by atoms with Crippen molar-refractivity contribution in [1.82, 2.24) is 16.0 Å². The Balaban J connectivity index is 1.56. The Morgan fingerprint density at radius 2 is 1.73 bits per heavy atom. The molecule has 1 saturated heterocycles. The van der Waals surface area contributed by atoms with Crippen molar-refractivity contribution in [3.05, 3.63) is 35.9 Å². The van der Waals surface area contributed by atoms with Gasteiger partial charge in [0.1, 0.15) is 23.9 Å². The number of hydrogen-bond acceptors (Lipinski definition) is 5. The molecule has 160 valence electrons. The summed E-state index contributed by atoms with van der Waals surface area (Å²) in [5.74, 6) is -3.27. The monoisotopic (exact) mass is 415 g/mol. The maximum Gasteiger partial charge on any atom is 0.326 e. The van der Waals surface area contributed by atoms with Crippen molar-refractivity contribution >= 4 is 29.5 Å². The number of ketones is 1. The van der Waals surface area contributed by atoms with Gasteiger partial charge in [0.25, 0.3) is 0 Å². The number of carbonyl (C=O) groups excluding carboxylic acids is 4. The van der Waals surface area contributed by atoms with Crippen LogP contribution in [0.4, 0.5) is 0 Å². The Morgan fingerprint density at radius 1 is 1.07 bits per heavy atom. The highest BCUT2D eigenvalue weighted by atomic mass is 16.4. The van der Waals surface area contributed by atoms with Gasteiger partial charge in [-0.05, 0) is 24.3 Å². The van der Waals surface area contributed by atoms with E-state index in [0.29, 0.717) is 25.7 Å². The van der Waals surface area contributed by atoms with Crippen LogP contribution in [0.1, 0.15) is 37.7 Å². The Bertz CT molecular complexity index is 840. The third-order valence-corrected chi connectivity index (χ3v) is 5.51. The van der Waals surface area contributed by atoms with Crippen molar-refractivity contribution < 1.29 is 29.1 Å². The third-order valence-electron chi connectivity index (χ3n) is 5.51. The SMILES string of the molecule is O=C1CCC[C@@H]([C@H](NC(=O)C[C@@H]2NC(=O)[C@H](Cc3ccccc3)NC2=O)C(=O)O)C1. The molecule has 3 amide bonds. The van der Waals surface area contributed by atoms with Crippen LogP contribution >= 0.6 is 0 Å². The van der Waals surface area contributed by atoms with Crippen molar-refractivity contribution in [2.24, 2.45) is 5.92 Å². The molecule has 4 atom stereocenters. The van der Waals surface area contributed by atoms with Gasteiger partial charge in [0.15, 0.2) is 0 Å². The number of hydrogen-bond donors (Lipinski definition) is 4. The smallest absolute Gasteiger partial charge is 0.326 e. The van der Waals surface area contributed by atoms with Gasteiger partial charge in [-0.1, -0.05) is 30.3 Å². The second kappa shape index (κ2) is 9.51. The lowest BCUT2D eigenvalue weighted by atomic mass is 9.83. The molecule has 1 aliphatic carbocycles. The normalized spacial score (nSPS) is 25.1. The first-order valence-corrected chi connectivity index (χ1v) is 10.0. The minimum atomic E-state index is -1.22. The van der Waals surface area contributed by atoms with Crippen LogP contribution in [0.3, 0.4) is 0 Å². The van der Waals surface area contributed by atoms with Gasteiger partial charge < -0.3 is 21.1 Å². The molecule has 0 radical (unpaired) electrons. The van der Waals surface area contributed by atoms with Gasteiger partial charge >= 0.3 is 5.97 Å². The summed E-state index contributed by atoms with van der Waals surface area (Å²) in [5.41, 5.74) is 0.889. The van der Waals surface area contributed by atoms with Crippen LogP contribution < -0.4 is 16.0 Å². The summed E-state index contributed by atoms with van der Waals surface area (Å²) in [6.07, 6.45) is 1.61. The predicted octanol–water partition coefficient (Wildman–Crippen LogP) is -0.0689. The number of piperazine rings is 1. The lowest BCUT2D eigenvalue weighted by molar-refractivity contribution is -0.145. The minimum Gasteiger partial charge on any atom is -0.480 e. The molecule has 1 aliphatic heterocycles. The standard InChI is InChI=1S/C21H25N3O6/c25-14-8-4-7-13(10-14)18(21(29)30)24-17(26)11-16-20(28)22-15(19(27)23-16)9-12-5-2-1-3-6-12/h1-3,5-6,13,15-16,18H,4,7-11H2,(H,22,28)(H,23,27)(H,24,26)(H,29,30)/t13-,15+,16+,18+/m1/s1. The number of rotatable bonds is 7. The van der Waals surface area contributed by atoms with E-state index < -0.39 is 47.7 Å². The number of carboxylic acids is 1. The molecule has 2 fully saturated rings. The Labute approximate surface area is 173 Å². The summed E-state index contributed by atoms with van der Waals surface area (Å²) in [6.45, 7) is 0. The Hall–Kier alpha value is -3.23. The molecule has 0 bridgehead atoms. The maximum absolute atomic E-state index is 12.4. The number of carboxylic acid groups (broad SMARTS) is 1. The predicted molar refractivity (Wildman–Crippen MR) is 105 cm³/mol. The van der Waals surface area contributed by atoms with Crippen LogP contribution in [-0.2, 0) is 30.4 Å². The zero-order valence-electron chi connectivity index (χ0n) is 16.4. The van der Waals surface area contributed by atoms with Gasteiger partial charge in [-0.3, -0.25) is 19.2 Å². The number of benzene rings is 1. The molecular formula is C21H25N3O6. The van der Waals surface area contributed by atoms with Crippen molar-refractivity contribution in [3.63, 3.8) is 0 Å². The second-order valence-electron chi connectivity index (χ2n) is 7.79. The van der Waals surface area contributed by atoms with Gasteiger partial charge in [-0.25, -0.2) is 4.79 Å². The van der Waals surface area contributed by atoms with E-state index in [1.807, 2.05) is 30.3 Å². The fourth-order valence-electron chi connectivity index (χ4n) is 3.95. The highest BCUT2D eigenvalue weighted by Gasteiger charge is 2.37. The second-order valence-corrected chi connectivity index (χ2v) is 7.79. The summed E-state index contributed by atoms with van der Waals surface area (Å²) in [4.78, 5) is 60.3. The molecule has 3 rings (SSSR count). The van der Waals surface area contributed by atoms with Crippen LogP contribution in [0.5, 0.6) is 0 Å². The van der Waals surface area contributed by atoms with Gasteiger partial charge in [0.05, 0.1) is 6.42 Å². The van der Waals surface area contributed by atoms with Gasteiger partial charge in [-0.2, -0.15) is 0 Å². The summed E-state index contributed by atoms with van der Waals surface area (Å²) in [6, 6.07) is 6.21. The molecule has 2 aliphatic rings. The number of nitrogens with one attached hydrogen (secondary N) is 3. The average molecular weight is 415 g/mol. The molecule has 0 unspecified atom stereocenters. The maximum atomic E-state index is 12.4. The summed E-state index contributed by atoms with van der Waals surface area (Å²) in [7, 11) is 0. The van der Waals surface area contributed by atoms with Crippen LogP contribution in [0.15, 0.2) is 30.3 Å². The first-order valence-electron chi connectivity index (χ1n) is 10.0. The van der Waals surface area contributed by atoms with Crippen LogP contribution in [-0.4, -0.2) is 52.7 Å². The van der Waals surface area contributed by atoms with Crippen molar-refractivity contribution in [2.75, 3.05) is 0 Å². The van der Waals surface area contributed by atoms with E-state index in [1.54, 1.807) is 0 Å². The fourth-order valence-corrected chi connectivity index (χ4v) is 3.95. The van der Waals surface area contributed by atoms with E-state index in [4.69, 9.17) is 0 Å². The largest absolute Gasteiger partial charge is 0.480 e. The molecule has 9 nitrogen and oxygen atoms in total. The third kappa shape index (κ3) is 5.43. The molecule has 30 heavy (non-hydrogen) atoms. The molecule has 0 spiro atoms. The van der Waals surface area contributed by atoms with E-state index in [9.17, 15) is 29.1 Å². The van der Waals surface area contributed by atoms with E-state index >= 15 is 0 Å². The molecule has 1 heterocycles. The number of aliphatic carboxylic acids is 1. The van der Waals surface area contributed by atoms with Gasteiger partial charge in [-0.15, -0.1) is 0 Å². The summed E-state index contributed by atoms with van der Waals surface area (Å²) < 4.78 is 0. The van der Waals surface area contributed by atoms with E-state index in [2.05, 4.69) is 16.0 Å². The Kier molecular flexibility index (Phi) is 6.81. The van der Waals surface area contributed by atoms with Crippen molar-refractivity contribution in [1.29, 1.82) is 0 Å². The van der Waals surface area contributed by atoms with E-state index in [-0.39, 0.29) is 18.6 Å². The number of amides is 3. The first kappa shape index (κ1) is 21.5. The van der Waals surface area contributed by atoms with Crippen LogP contribution in [0.2, 0.25) is 0 Å². The van der Waals surface area contributed by atoms with Crippen LogP contribution in [0.25, 0.3) is 0 Å². The van der Waals surface area contributed by atoms with Crippen molar-refractivity contribution in [2.45, 2.75) is 56.7 Å². The quantitative estimate of drug-likeness (QED) is 0.491. The van der Waals surface area contributed by atoms with E-state index in [1.165, 1.54) is 0 Å². The molecule has 1 saturated carbocycles. The topological polar surface area (TPSA) is 142 Å².